The van der Waals surface area contributed by atoms with Crippen molar-refractivity contribution in [3.05, 3.63) is 65.2 Å². The molecule has 2 rings (SSSR count). The minimum absolute atomic E-state index is 0.0147. The molecule has 1 atom stereocenters. The number of halogens is 1. The first kappa shape index (κ1) is 19.7. The number of nitrogens with zero attached hydrogens (tertiary/aromatic N) is 1. The number of aliphatic hydroxyl groups excluding tert-OH is 1. The number of amides is 1. The molecule has 0 aliphatic rings. The largest absolute Gasteiger partial charge is 0.390 e. The molecule has 0 saturated heterocycles. The number of aromatic nitrogens is 1. The molecule has 1 unspecified atom stereocenters. The number of hydrogen-bond donors (Lipinski definition) is 2. The molecule has 1 heterocycles. The van der Waals surface area contributed by atoms with E-state index in [0.717, 1.165) is 12.3 Å². The third-order valence-corrected chi connectivity index (χ3v) is 5.35. The van der Waals surface area contributed by atoms with Crippen LogP contribution in [-0.4, -0.2) is 30.7 Å². The van der Waals surface area contributed by atoms with Crippen molar-refractivity contribution in [3.63, 3.8) is 0 Å². The van der Waals surface area contributed by atoms with E-state index in [-0.39, 0.29) is 30.6 Å². The van der Waals surface area contributed by atoms with Gasteiger partial charge in [-0.2, -0.15) is 0 Å². The number of hydrogen-bond acceptors (Lipinski definition) is 6. The predicted molar refractivity (Wildman–Crippen MR) is 91.0 cm³/mol. The van der Waals surface area contributed by atoms with Gasteiger partial charge in [-0.25, -0.2) is 17.5 Å². The van der Waals surface area contributed by atoms with Gasteiger partial charge in [-0.3, -0.25) is 9.78 Å². The summed E-state index contributed by atoms with van der Waals surface area (Å²) in [4.78, 5) is 26.7. The molecule has 1 aromatic heterocycles. The second-order valence-corrected chi connectivity index (χ2v) is 7.32. The van der Waals surface area contributed by atoms with Crippen LogP contribution in [0, 0.1) is 5.82 Å². The van der Waals surface area contributed by atoms with Gasteiger partial charge in [-0.1, -0.05) is 12.1 Å². The van der Waals surface area contributed by atoms with Crippen LogP contribution in [-0.2, 0) is 21.4 Å². The second kappa shape index (κ2) is 8.63. The summed E-state index contributed by atoms with van der Waals surface area (Å²) in [5, 5.41) is 7.67. The van der Waals surface area contributed by atoms with Gasteiger partial charge in [0.2, 0.25) is 10.0 Å². The first-order valence-electron chi connectivity index (χ1n) is 7.68. The average Bonchev–Trinajstić information content (AvgIpc) is 2.61. The summed E-state index contributed by atoms with van der Waals surface area (Å²) < 4.78 is 40.6. The van der Waals surface area contributed by atoms with E-state index in [4.69, 9.17) is 5.11 Å². The highest BCUT2D eigenvalue weighted by Gasteiger charge is 2.29. The minimum atomic E-state index is -4.23. The standard InChI is InChI=1S/C17H17FN2O5S/c18-14-4-1-3-12(9-14)16(5-2-8-21)26(24,25)20-17(23)13-6-7-15(11-22)19-10-13/h1,3-4,6-10,16,22H,2,5,11H2,(H,20,23). The number of sulfonamides is 1. The van der Waals surface area contributed by atoms with Gasteiger partial charge in [0, 0.05) is 12.6 Å². The van der Waals surface area contributed by atoms with Crippen molar-refractivity contribution in [2.24, 2.45) is 0 Å². The molecule has 1 amide bonds. The molecule has 0 saturated carbocycles. The molecule has 26 heavy (non-hydrogen) atoms. The molecule has 0 radical (unpaired) electrons. The SMILES string of the molecule is O=CCCC(c1cccc(F)c1)S(=O)(=O)NC(=O)c1ccc(CO)nc1. The summed E-state index contributed by atoms with van der Waals surface area (Å²) in [6.45, 7) is -0.312. The highest BCUT2D eigenvalue weighted by Crippen LogP contribution is 2.27. The number of benzene rings is 1. The fraction of sp³-hybridized carbons (Fsp3) is 0.235. The van der Waals surface area contributed by atoms with Gasteiger partial charge in [0.25, 0.3) is 5.91 Å². The Bertz CT molecular complexity index is 884. The van der Waals surface area contributed by atoms with E-state index in [9.17, 15) is 22.4 Å². The second-order valence-electron chi connectivity index (χ2n) is 5.46. The number of carbonyl (C=O) groups is 2. The Morgan fingerprint density at radius 2 is 2.08 bits per heavy atom. The number of rotatable bonds is 8. The zero-order chi connectivity index (χ0) is 19.2. The minimum Gasteiger partial charge on any atom is -0.390 e. The van der Waals surface area contributed by atoms with Gasteiger partial charge in [0.1, 0.15) is 17.4 Å². The highest BCUT2D eigenvalue weighted by atomic mass is 32.2. The van der Waals surface area contributed by atoms with Crippen molar-refractivity contribution < 1.29 is 27.5 Å². The Kier molecular flexibility index (Phi) is 6.53. The van der Waals surface area contributed by atoms with Crippen LogP contribution >= 0.6 is 0 Å². The topological polar surface area (TPSA) is 113 Å². The quantitative estimate of drug-likeness (QED) is 0.671. The molecule has 138 valence electrons. The van der Waals surface area contributed by atoms with Crippen molar-refractivity contribution in [1.29, 1.82) is 0 Å². The maximum atomic E-state index is 13.5. The van der Waals surface area contributed by atoms with E-state index < -0.39 is 27.0 Å². The van der Waals surface area contributed by atoms with Crippen molar-refractivity contribution in [3.8, 4) is 0 Å². The molecule has 2 aromatic rings. The Morgan fingerprint density at radius 1 is 1.31 bits per heavy atom. The smallest absolute Gasteiger partial charge is 0.266 e. The van der Waals surface area contributed by atoms with Gasteiger partial charge in [-0.15, -0.1) is 0 Å². The number of nitrogens with one attached hydrogen (secondary N) is 1. The van der Waals surface area contributed by atoms with Crippen LogP contribution in [0.2, 0.25) is 0 Å². The molecular weight excluding hydrogens is 363 g/mol. The predicted octanol–water partition coefficient (Wildman–Crippen LogP) is 1.49. The van der Waals surface area contributed by atoms with Crippen LogP contribution in [0.5, 0.6) is 0 Å². The van der Waals surface area contributed by atoms with Gasteiger partial charge in [0.15, 0.2) is 0 Å². The molecule has 0 aliphatic carbocycles. The van der Waals surface area contributed by atoms with Gasteiger partial charge < -0.3 is 9.90 Å². The summed E-state index contributed by atoms with van der Waals surface area (Å²) in [5.41, 5.74) is 0.452. The van der Waals surface area contributed by atoms with Crippen LogP contribution in [0.4, 0.5) is 4.39 Å². The van der Waals surface area contributed by atoms with Crippen LogP contribution < -0.4 is 4.72 Å². The summed E-state index contributed by atoms with van der Waals surface area (Å²) in [6.07, 6.45) is 1.53. The third kappa shape index (κ3) is 4.93. The van der Waals surface area contributed by atoms with Gasteiger partial charge >= 0.3 is 0 Å². The van der Waals surface area contributed by atoms with E-state index in [1.54, 1.807) is 0 Å². The lowest BCUT2D eigenvalue weighted by atomic mass is 10.1. The van der Waals surface area contributed by atoms with Crippen molar-refractivity contribution in [2.45, 2.75) is 24.7 Å². The lowest BCUT2D eigenvalue weighted by Crippen LogP contribution is -2.34. The first-order chi connectivity index (χ1) is 12.4. The van der Waals surface area contributed by atoms with Crippen LogP contribution in [0.1, 0.15) is 39.7 Å². The summed E-state index contributed by atoms with van der Waals surface area (Å²) >= 11 is 0. The maximum Gasteiger partial charge on any atom is 0.266 e. The van der Waals surface area contributed by atoms with E-state index in [0.29, 0.717) is 12.0 Å². The Hall–Kier alpha value is -2.65. The molecule has 0 spiro atoms. The summed E-state index contributed by atoms with van der Waals surface area (Å²) in [5.74, 6) is -1.53. The molecular formula is C17H17FN2O5S. The summed E-state index contributed by atoms with van der Waals surface area (Å²) in [7, 11) is -4.23. The lowest BCUT2D eigenvalue weighted by Gasteiger charge is -2.18. The van der Waals surface area contributed by atoms with E-state index in [1.165, 1.54) is 30.3 Å². The average molecular weight is 380 g/mol. The van der Waals surface area contributed by atoms with Gasteiger partial charge in [-0.05, 0) is 36.2 Å². The van der Waals surface area contributed by atoms with Crippen molar-refractivity contribution in [1.82, 2.24) is 9.71 Å². The number of carbonyl (C=O) groups excluding carboxylic acids is 2. The molecule has 1 aromatic carbocycles. The zero-order valence-corrected chi connectivity index (χ0v) is 14.4. The Morgan fingerprint density at radius 3 is 2.65 bits per heavy atom. The number of aliphatic hydroxyl groups is 1. The first-order valence-corrected chi connectivity index (χ1v) is 9.23. The van der Waals surface area contributed by atoms with E-state index >= 15 is 0 Å². The summed E-state index contributed by atoms with van der Waals surface area (Å²) in [6, 6.07) is 7.70. The third-order valence-electron chi connectivity index (χ3n) is 3.63. The molecule has 9 heteroatoms. The molecule has 7 nitrogen and oxygen atoms in total. The monoisotopic (exact) mass is 380 g/mol. The van der Waals surface area contributed by atoms with Crippen molar-refractivity contribution >= 4 is 22.2 Å². The molecule has 2 N–H and O–H groups in total. The molecule has 0 bridgehead atoms. The fourth-order valence-corrected chi connectivity index (χ4v) is 3.81. The Labute approximate surface area is 149 Å². The van der Waals surface area contributed by atoms with Crippen LogP contribution in [0.15, 0.2) is 42.6 Å². The molecule has 0 fully saturated rings. The maximum absolute atomic E-state index is 13.5. The van der Waals surface area contributed by atoms with Crippen LogP contribution in [0.25, 0.3) is 0 Å². The molecule has 0 aliphatic heterocycles. The van der Waals surface area contributed by atoms with E-state index in [2.05, 4.69) is 4.98 Å². The number of aldehydes is 1. The fourth-order valence-electron chi connectivity index (χ4n) is 2.34. The van der Waals surface area contributed by atoms with E-state index in [1.807, 2.05) is 4.72 Å². The van der Waals surface area contributed by atoms with Crippen LogP contribution in [0.3, 0.4) is 0 Å². The van der Waals surface area contributed by atoms with Gasteiger partial charge in [0.05, 0.1) is 17.9 Å². The highest BCUT2D eigenvalue weighted by molar-refractivity contribution is 7.90. The Balaban J connectivity index is 2.27. The normalized spacial score (nSPS) is 12.4. The zero-order valence-electron chi connectivity index (χ0n) is 13.6. The lowest BCUT2D eigenvalue weighted by molar-refractivity contribution is -0.107. The van der Waals surface area contributed by atoms with Crippen molar-refractivity contribution in [2.75, 3.05) is 0 Å². The number of pyridine rings is 1.